The van der Waals surface area contributed by atoms with Gasteiger partial charge in [-0.3, -0.25) is 0 Å². The summed E-state index contributed by atoms with van der Waals surface area (Å²) >= 11 is 0. The highest BCUT2D eigenvalue weighted by molar-refractivity contribution is 5.81. The molecule has 1 aromatic carbocycles. The lowest BCUT2D eigenvalue weighted by Gasteiger charge is -1.89. The van der Waals surface area contributed by atoms with E-state index in [0.29, 0.717) is 12.1 Å². The average Bonchev–Trinajstić information content (AvgIpc) is 2.59. The van der Waals surface area contributed by atoms with Gasteiger partial charge in [0.1, 0.15) is 17.2 Å². The zero-order valence-corrected chi connectivity index (χ0v) is 9.30. The zero-order chi connectivity index (χ0) is 11.4. The van der Waals surface area contributed by atoms with Crippen molar-refractivity contribution < 1.29 is 8.81 Å². The van der Waals surface area contributed by atoms with Gasteiger partial charge in [0.15, 0.2) is 0 Å². The predicted molar refractivity (Wildman–Crippen MR) is 60.1 cm³/mol. The minimum atomic E-state index is -0.250. The summed E-state index contributed by atoms with van der Waals surface area (Å²) in [6.07, 6.45) is 0. The van der Waals surface area contributed by atoms with Crippen LogP contribution >= 0.6 is 0 Å². The Morgan fingerprint density at radius 2 is 2.00 bits per heavy atom. The molecule has 0 aliphatic carbocycles. The van der Waals surface area contributed by atoms with E-state index in [4.69, 9.17) is 10.2 Å². The van der Waals surface area contributed by atoms with Crippen LogP contribution < -0.4 is 5.73 Å². The van der Waals surface area contributed by atoms with E-state index in [1.54, 1.807) is 6.07 Å². The van der Waals surface area contributed by atoms with Crippen molar-refractivity contribution in [3.63, 3.8) is 0 Å². The number of nitrogens with two attached hydrogens (primary N) is 1. The lowest BCUT2D eigenvalue weighted by molar-refractivity contribution is 0.548. The third-order valence-corrected chi connectivity index (χ3v) is 2.18. The number of furan rings is 1. The molecule has 2 nitrogen and oxygen atoms in total. The van der Waals surface area contributed by atoms with Gasteiger partial charge in [-0.15, -0.1) is 0 Å². The molecule has 2 aromatic rings. The van der Waals surface area contributed by atoms with E-state index >= 15 is 0 Å². The fourth-order valence-corrected chi connectivity index (χ4v) is 1.44. The molecule has 0 saturated heterocycles. The van der Waals surface area contributed by atoms with Crippen molar-refractivity contribution in [2.75, 3.05) is 0 Å². The van der Waals surface area contributed by atoms with Crippen LogP contribution in [0.4, 0.5) is 4.39 Å². The van der Waals surface area contributed by atoms with E-state index in [9.17, 15) is 4.39 Å². The summed E-state index contributed by atoms with van der Waals surface area (Å²) in [5.41, 5.74) is 7.09. The molecule has 15 heavy (non-hydrogen) atoms. The van der Waals surface area contributed by atoms with E-state index in [0.717, 1.165) is 16.7 Å². The van der Waals surface area contributed by atoms with Crippen LogP contribution in [0.3, 0.4) is 0 Å². The summed E-state index contributed by atoms with van der Waals surface area (Å²) in [6.45, 7) is 6.23. The maximum Gasteiger partial charge on any atom is 0.134 e. The second kappa shape index (κ2) is 4.94. The van der Waals surface area contributed by atoms with Crippen LogP contribution in [0.2, 0.25) is 0 Å². The number of aryl methyl sites for hydroxylation is 1. The quantitative estimate of drug-likeness (QED) is 0.782. The Morgan fingerprint density at radius 1 is 1.33 bits per heavy atom. The Hall–Kier alpha value is -1.35. The summed E-state index contributed by atoms with van der Waals surface area (Å²) in [5, 5.41) is 0.806. The van der Waals surface area contributed by atoms with E-state index in [2.05, 4.69) is 0 Å². The van der Waals surface area contributed by atoms with E-state index in [1.165, 1.54) is 12.1 Å². The predicted octanol–water partition coefficient (Wildman–Crippen LogP) is 3.37. The minimum absolute atomic E-state index is 0.250. The van der Waals surface area contributed by atoms with Crippen LogP contribution in [0, 0.1) is 12.7 Å². The van der Waals surface area contributed by atoms with E-state index in [-0.39, 0.29) is 5.82 Å². The molecule has 0 aliphatic heterocycles. The zero-order valence-electron chi connectivity index (χ0n) is 9.30. The normalized spacial score (nSPS) is 9.93. The van der Waals surface area contributed by atoms with Gasteiger partial charge in [0.2, 0.25) is 0 Å². The summed E-state index contributed by atoms with van der Waals surface area (Å²) in [5.74, 6) is 0.473. The average molecular weight is 209 g/mol. The van der Waals surface area contributed by atoms with Crippen molar-refractivity contribution in [2.45, 2.75) is 27.3 Å². The van der Waals surface area contributed by atoms with E-state index < -0.39 is 0 Å². The molecule has 0 fully saturated rings. The van der Waals surface area contributed by atoms with Crippen molar-refractivity contribution in [3.05, 3.63) is 35.3 Å². The van der Waals surface area contributed by atoms with Crippen molar-refractivity contribution >= 4 is 11.0 Å². The fourth-order valence-electron chi connectivity index (χ4n) is 1.44. The molecule has 0 radical (unpaired) electrons. The van der Waals surface area contributed by atoms with Gasteiger partial charge in [0.25, 0.3) is 0 Å². The molecule has 0 unspecified atom stereocenters. The molecule has 82 valence electrons. The van der Waals surface area contributed by atoms with Crippen LogP contribution in [-0.2, 0) is 6.54 Å². The Morgan fingerprint density at radius 3 is 2.60 bits per heavy atom. The molecular weight excluding hydrogens is 193 g/mol. The molecule has 2 N–H and O–H groups in total. The molecule has 0 amide bonds. The molecule has 3 heteroatoms. The molecular formula is C12H16FNO. The van der Waals surface area contributed by atoms with Gasteiger partial charge in [-0.25, -0.2) is 4.39 Å². The Balaban J connectivity index is 0.000000531. The van der Waals surface area contributed by atoms with E-state index in [1.807, 2.05) is 20.8 Å². The number of rotatable bonds is 1. The summed E-state index contributed by atoms with van der Waals surface area (Å²) in [6, 6.07) is 4.47. The minimum Gasteiger partial charge on any atom is -0.459 e. The highest BCUT2D eigenvalue weighted by Gasteiger charge is 2.08. The second-order valence-corrected chi connectivity index (χ2v) is 2.99. The Labute approximate surface area is 88.9 Å². The van der Waals surface area contributed by atoms with Gasteiger partial charge < -0.3 is 10.2 Å². The molecule has 0 saturated carbocycles. The molecule has 0 atom stereocenters. The maximum atomic E-state index is 12.9. The third kappa shape index (κ3) is 2.18. The first-order valence-electron chi connectivity index (χ1n) is 5.10. The first-order chi connectivity index (χ1) is 7.22. The van der Waals surface area contributed by atoms with Crippen molar-refractivity contribution in [3.8, 4) is 0 Å². The highest BCUT2D eigenvalue weighted by atomic mass is 19.1. The van der Waals surface area contributed by atoms with Gasteiger partial charge >= 0.3 is 0 Å². The van der Waals surface area contributed by atoms with Crippen LogP contribution in [0.25, 0.3) is 11.0 Å². The Kier molecular flexibility index (Phi) is 3.86. The largest absolute Gasteiger partial charge is 0.459 e. The number of benzene rings is 1. The number of halogens is 1. The molecule has 1 heterocycles. The lowest BCUT2D eigenvalue weighted by atomic mass is 10.1. The topological polar surface area (TPSA) is 39.2 Å². The van der Waals surface area contributed by atoms with Gasteiger partial charge in [-0.2, -0.15) is 0 Å². The molecule has 0 spiro atoms. The Bertz CT molecular complexity index is 448. The van der Waals surface area contributed by atoms with Crippen LogP contribution in [0.5, 0.6) is 0 Å². The maximum absolute atomic E-state index is 12.9. The fraction of sp³-hybridized carbons (Fsp3) is 0.333. The van der Waals surface area contributed by atoms with Crippen molar-refractivity contribution in [1.29, 1.82) is 0 Å². The summed E-state index contributed by atoms with van der Waals surface area (Å²) < 4.78 is 18.3. The number of hydrogen-bond acceptors (Lipinski definition) is 2. The van der Waals surface area contributed by atoms with Gasteiger partial charge in [0, 0.05) is 5.39 Å². The van der Waals surface area contributed by atoms with Gasteiger partial charge in [0.05, 0.1) is 6.54 Å². The first-order valence-corrected chi connectivity index (χ1v) is 5.10. The number of hydrogen-bond donors (Lipinski definition) is 1. The number of fused-ring (bicyclic) bond motifs is 1. The summed E-state index contributed by atoms with van der Waals surface area (Å²) in [7, 11) is 0. The van der Waals surface area contributed by atoms with Crippen LogP contribution in [0.1, 0.15) is 25.2 Å². The molecule has 1 aromatic heterocycles. The van der Waals surface area contributed by atoms with Crippen molar-refractivity contribution in [1.82, 2.24) is 0 Å². The SMILES string of the molecule is CC.Cc1c(CN)oc2ccc(F)cc12. The lowest BCUT2D eigenvalue weighted by Crippen LogP contribution is -1.95. The van der Waals surface area contributed by atoms with Crippen LogP contribution in [-0.4, -0.2) is 0 Å². The third-order valence-electron chi connectivity index (χ3n) is 2.18. The second-order valence-electron chi connectivity index (χ2n) is 2.99. The monoisotopic (exact) mass is 209 g/mol. The summed E-state index contributed by atoms with van der Waals surface area (Å²) in [4.78, 5) is 0. The molecule has 2 rings (SSSR count). The molecule has 0 bridgehead atoms. The molecule has 0 aliphatic rings. The van der Waals surface area contributed by atoms with Crippen molar-refractivity contribution in [2.24, 2.45) is 5.73 Å². The van der Waals surface area contributed by atoms with Crippen LogP contribution in [0.15, 0.2) is 22.6 Å². The standard InChI is InChI=1S/C10H10FNO.C2H6/c1-6-8-4-7(11)2-3-9(8)13-10(6)5-12;1-2/h2-4H,5,12H2,1H3;1-2H3. The van der Waals surface area contributed by atoms with Gasteiger partial charge in [-0.05, 0) is 30.7 Å². The first kappa shape index (κ1) is 11.7. The smallest absolute Gasteiger partial charge is 0.134 e. The highest BCUT2D eigenvalue weighted by Crippen LogP contribution is 2.25. The van der Waals surface area contributed by atoms with Gasteiger partial charge in [-0.1, -0.05) is 13.8 Å².